The zero-order valence-electron chi connectivity index (χ0n) is 10.6. The van der Waals surface area contributed by atoms with Gasteiger partial charge in [-0.25, -0.2) is 4.98 Å². The molecule has 0 amide bonds. The highest BCUT2D eigenvalue weighted by Gasteiger charge is 2.21. The molecule has 2 heterocycles. The molecule has 94 valence electrons. The lowest BCUT2D eigenvalue weighted by molar-refractivity contribution is 0.122. The van der Waals surface area contributed by atoms with Gasteiger partial charge in [0.1, 0.15) is 5.82 Å². The van der Waals surface area contributed by atoms with Crippen molar-refractivity contribution >= 4 is 11.5 Å². The van der Waals surface area contributed by atoms with E-state index in [2.05, 4.69) is 34.2 Å². The molecule has 1 aromatic rings. The fourth-order valence-electron chi connectivity index (χ4n) is 2.10. The van der Waals surface area contributed by atoms with Gasteiger partial charge in [-0.2, -0.15) is 0 Å². The Balaban J connectivity index is 1.91. The molecule has 0 aliphatic carbocycles. The third-order valence-corrected chi connectivity index (χ3v) is 3.32. The van der Waals surface area contributed by atoms with Gasteiger partial charge < -0.3 is 16.0 Å². The van der Waals surface area contributed by atoms with E-state index >= 15 is 0 Å². The number of piperazine rings is 1. The van der Waals surface area contributed by atoms with Gasteiger partial charge in [0.05, 0.1) is 5.69 Å². The monoisotopic (exact) mass is 235 g/mol. The number of hydrogen-bond acceptors (Lipinski definition) is 5. The van der Waals surface area contributed by atoms with Gasteiger partial charge in [0.25, 0.3) is 0 Å². The number of nitrogens with one attached hydrogen (secondary N) is 1. The van der Waals surface area contributed by atoms with Crippen LogP contribution >= 0.6 is 0 Å². The van der Waals surface area contributed by atoms with E-state index in [1.807, 2.05) is 12.1 Å². The smallest absolute Gasteiger partial charge is 0.149 e. The minimum Gasteiger partial charge on any atom is -0.396 e. The predicted molar refractivity (Wildman–Crippen MR) is 71.1 cm³/mol. The number of aromatic nitrogens is 1. The molecule has 5 nitrogen and oxygen atoms in total. The van der Waals surface area contributed by atoms with Crippen LogP contribution in [-0.2, 0) is 0 Å². The summed E-state index contributed by atoms with van der Waals surface area (Å²) in [5, 5.41) is 3.33. The summed E-state index contributed by atoms with van der Waals surface area (Å²) < 4.78 is 0. The second-order valence-corrected chi connectivity index (χ2v) is 4.72. The molecule has 1 atom stereocenters. The van der Waals surface area contributed by atoms with E-state index in [0.717, 1.165) is 32.0 Å². The maximum atomic E-state index is 5.85. The summed E-state index contributed by atoms with van der Waals surface area (Å²) in [6.07, 6.45) is 1.76. The number of hydrogen-bond donors (Lipinski definition) is 2. The molecule has 1 unspecified atom stereocenters. The molecule has 0 saturated carbocycles. The van der Waals surface area contributed by atoms with Crippen molar-refractivity contribution in [3.8, 4) is 0 Å². The SMILES string of the molecule is CN1CCN(C)C(CNc2ncccc2N)C1. The Hall–Kier alpha value is -1.33. The summed E-state index contributed by atoms with van der Waals surface area (Å²) in [5.41, 5.74) is 6.56. The first-order valence-corrected chi connectivity index (χ1v) is 6.00. The Kier molecular flexibility index (Phi) is 3.81. The van der Waals surface area contributed by atoms with Crippen LogP contribution < -0.4 is 11.1 Å². The number of nitrogens with zero attached hydrogens (tertiary/aromatic N) is 3. The average Bonchev–Trinajstić information content (AvgIpc) is 2.32. The summed E-state index contributed by atoms with van der Waals surface area (Å²) in [7, 11) is 4.33. The fraction of sp³-hybridized carbons (Fsp3) is 0.583. The molecule has 2 rings (SSSR count). The van der Waals surface area contributed by atoms with Gasteiger partial charge in [-0.1, -0.05) is 0 Å². The van der Waals surface area contributed by atoms with Crippen molar-refractivity contribution in [3.63, 3.8) is 0 Å². The Morgan fingerprint density at radius 1 is 1.47 bits per heavy atom. The molecule has 0 bridgehead atoms. The first-order chi connectivity index (χ1) is 8.16. The van der Waals surface area contributed by atoms with Crippen LogP contribution in [0.1, 0.15) is 0 Å². The van der Waals surface area contributed by atoms with Crippen LogP contribution in [0.5, 0.6) is 0 Å². The van der Waals surface area contributed by atoms with E-state index in [4.69, 9.17) is 5.73 Å². The zero-order chi connectivity index (χ0) is 12.3. The Morgan fingerprint density at radius 2 is 2.29 bits per heavy atom. The van der Waals surface area contributed by atoms with Gasteiger partial charge in [0, 0.05) is 38.4 Å². The van der Waals surface area contributed by atoms with Crippen LogP contribution in [0.2, 0.25) is 0 Å². The second kappa shape index (κ2) is 5.33. The third kappa shape index (κ3) is 3.08. The lowest BCUT2D eigenvalue weighted by Crippen LogP contribution is -2.52. The summed E-state index contributed by atoms with van der Waals surface area (Å²) in [6.45, 7) is 4.21. The quantitative estimate of drug-likeness (QED) is 0.790. The van der Waals surface area contributed by atoms with E-state index < -0.39 is 0 Å². The number of rotatable bonds is 3. The van der Waals surface area contributed by atoms with Crippen LogP contribution in [0.15, 0.2) is 18.3 Å². The molecule has 1 aliphatic heterocycles. The molecule has 1 aliphatic rings. The maximum absolute atomic E-state index is 5.85. The minimum absolute atomic E-state index is 0.509. The number of pyridine rings is 1. The molecule has 5 heteroatoms. The predicted octanol–water partition coefficient (Wildman–Crippen LogP) is 0.322. The normalized spacial score (nSPS) is 22.6. The molecule has 0 spiro atoms. The average molecular weight is 235 g/mol. The van der Waals surface area contributed by atoms with E-state index in [9.17, 15) is 0 Å². The van der Waals surface area contributed by atoms with Gasteiger partial charge in [-0.05, 0) is 26.2 Å². The summed E-state index contributed by atoms with van der Waals surface area (Å²) in [4.78, 5) is 8.97. The standard InChI is InChI=1S/C12H21N5/c1-16-6-7-17(2)10(9-16)8-15-12-11(13)4-3-5-14-12/h3-5,10H,6-9,13H2,1-2H3,(H,14,15). The highest BCUT2D eigenvalue weighted by molar-refractivity contribution is 5.60. The van der Waals surface area contributed by atoms with Crippen LogP contribution in [0.3, 0.4) is 0 Å². The summed E-state index contributed by atoms with van der Waals surface area (Å²) in [6, 6.07) is 4.22. The number of nitrogen functional groups attached to an aromatic ring is 1. The molecular weight excluding hydrogens is 214 g/mol. The Morgan fingerprint density at radius 3 is 3.06 bits per heavy atom. The van der Waals surface area contributed by atoms with Crippen molar-refractivity contribution in [2.75, 3.05) is 51.3 Å². The van der Waals surface area contributed by atoms with E-state index in [1.165, 1.54) is 0 Å². The topological polar surface area (TPSA) is 57.4 Å². The number of likely N-dealkylation sites (N-methyl/N-ethyl adjacent to an activating group) is 2. The van der Waals surface area contributed by atoms with Gasteiger partial charge >= 0.3 is 0 Å². The van der Waals surface area contributed by atoms with Crippen LogP contribution in [0.4, 0.5) is 11.5 Å². The van der Waals surface area contributed by atoms with Crippen LogP contribution in [0, 0.1) is 0 Å². The van der Waals surface area contributed by atoms with Gasteiger partial charge in [-0.3, -0.25) is 4.90 Å². The molecule has 0 radical (unpaired) electrons. The Bertz CT molecular complexity index is 368. The van der Waals surface area contributed by atoms with Gasteiger partial charge in [0.15, 0.2) is 0 Å². The van der Waals surface area contributed by atoms with Crippen molar-refractivity contribution in [2.24, 2.45) is 0 Å². The molecule has 0 aromatic carbocycles. The molecule has 1 saturated heterocycles. The lowest BCUT2D eigenvalue weighted by atomic mass is 10.2. The van der Waals surface area contributed by atoms with Crippen molar-refractivity contribution in [3.05, 3.63) is 18.3 Å². The van der Waals surface area contributed by atoms with E-state index in [1.54, 1.807) is 6.20 Å². The molecular formula is C12H21N5. The van der Waals surface area contributed by atoms with Crippen molar-refractivity contribution in [1.82, 2.24) is 14.8 Å². The highest BCUT2D eigenvalue weighted by Crippen LogP contribution is 2.14. The highest BCUT2D eigenvalue weighted by atomic mass is 15.3. The van der Waals surface area contributed by atoms with Crippen molar-refractivity contribution in [2.45, 2.75) is 6.04 Å². The second-order valence-electron chi connectivity index (χ2n) is 4.72. The lowest BCUT2D eigenvalue weighted by Gasteiger charge is -2.37. The van der Waals surface area contributed by atoms with E-state index in [0.29, 0.717) is 11.7 Å². The fourth-order valence-corrected chi connectivity index (χ4v) is 2.10. The summed E-state index contributed by atoms with van der Waals surface area (Å²) in [5.74, 6) is 0.786. The van der Waals surface area contributed by atoms with Crippen molar-refractivity contribution < 1.29 is 0 Å². The molecule has 1 aromatic heterocycles. The van der Waals surface area contributed by atoms with Crippen LogP contribution in [-0.4, -0.2) is 61.1 Å². The van der Waals surface area contributed by atoms with Crippen molar-refractivity contribution in [1.29, 1.82) is 0 Å². The largest absolute Gasteiger partial charge is 0.396 e. The number of anilines is 2. The molecule has 3 N–H and O–H groups in total. The molecule has 17 heavy (non-hydrogen) atoms. The zero-order valence-corrected chi connectivity index (χ0v) is 10.6. The first kappa shape index (κ1) is 12.1. The van der Waals surface area contributed by atoms with Gasteiger partial charge in [0.2, 0.25) is 0 Å². The van der Waals surface area contributed by atoms with Crippen LogP contribution in [0.25, 0.3) is 0 Å². The maximum Gasteiger partial charge on any atom is 0.149 e. The molecule has 1 fully saturated rings. The Labute approximate surface area is 103 Å². The minimum atomic E-state index is 0.509. The number of nitrogens with two attached hydrogens (primary N) is 1. The first-order valence-electron chi connectivity index (χ1n) is 6.00. The van der Waals surface area contributed by atoms with E-state index in [-0.39, 0.29) is 0 Å². The third-order valence-electron chi connectivity index (χ3n) is 3.32. The summed E-state index contributed by atoms with van der Waals surface area (Å²) >= 11 is 0. The van der Waals surface area contributed by atoms with Gasteiger partial charge in [-0.15, -0.1) is 0 Å².